The fourth-order valence-electron chi connectivity index (χ4n) is 5.20. The van der Waals surface area contributed by atoms with Crippen LogP contribution in [-0.4, -0.2) is 56.5 Å². The van der Waals surface area contributed by atoms with Crippen molar-refractivity contribution in [1.82, 2.24) is 9.97 Å². The van der Waals surface area contributed by atoms with E-state index in [1.807, 2.05) is 39.8 Å². The average molecular weight is 696 g/mol. The number of hydrogen-bond donors (Lipinski definition) is 1. The first-order chi connectivity index (χ1) is 21.5. The number of hydrogen-bond acceptors (Lipinski definition) is 8. The summed E-state index contributed by atoms with van der Waals surface area (Å²) >= 11 is 6.51. The molecule has 3 aromatic rings. The fourth-order valence-corrected chi connectivity index (χ4v) is 8.17. The Balaban J connectivity index is 1.79. The molecule has 0 saturated carbocycles. The summed E-state index contributed by atoms with van der Waals surface area (Å²) in [5.74, 6) is 0.337. The van der Waals surface area contributed by atoms with Gasteiger partial charge in [0.25, 0.3) is 0 Å². The van der Waals surface area contributed by atoms with Gasteiger partial charge in [0.1, 0.15) is 18.8 Å². The molecule has 2 aromatic carbocycles. The van der Waals surface area contributed by atoms with Gasteiger partial charge in [-0.3, -0.25) is 4.90 Å². The number of amides is 1. The van der Waals surface area contributed by atoms with Crippen molar-refractivity contribution < 1.29 is 18.5 Å². The van der Waals surface area contributed by atoms with Crippen LogP contribution in [0.15, 0.2) is 36.5 Å². The predicted octanol–water partition coefficient (Wildman–Crippen LogP) is 9.00. The first-order valence-corrected chi connectivity index (χ1v) is 21.5. The minimum Gasteiger partial charge on any atom is -0.443 e. The smallest absolute Gasteiger partial charge is 0.414 e. The van der Waals surface area contributed by atoms with E-state index in [0.717, 1.165) is 11.1 Å². The Labute approximate surface area is 285 Å². The molecule has 1 aliphatic heterocycles. The van der Waals surface area contributed by atoms with Crippen molar-refractivity contribution >= 4 is 55.8 Å². The normalized spacial score (nSPS) is 16.9. The Hall–Kier alpha value is -3.22. The molecular formula is C35H47ClN5O4PSi. The Bertz CT molecular complexity index is 1810. The van der Waals surface area contributed by atoms with Crippen LogP contribution >= 0.6 is 18.7 Å². The van der Waals surface area contributed by atoms with Crippen LogP contribution in [0, 0.1) is 18.3 Å². The number of anilines is 3. The zero-order valence-electron chi connectivity index (χ0n) is 29.6. The Morgan fingerprint density at radius 1 is 1.17 bits per heavy atom. The molecule has 1 atom stereocenters. The summed E-state index contributed by atoms with van der Waals surface area (Å²) in [7, 11) is -4.71. The molecule has 4 rings (SSSR count). The minimum atomic E-state index is -2.56. The largest absolute Gasteiger partial charge is 0.443 e. The van der Waals surface area contributed by atoms with Gasteiger partial charge in [-0.15, -0.1) is 0 Å². The highest BCUT2D eigenvalue weighted by Gasteiger charge is 2.47. The lowest BCUT2D eigenvalue weighted by Gasteiger charge is -2.39. The van der Waals surface area contributed by atoms with Crippen LogP contribution in [0.5, 0.6) is 0 Å². The van der Waals surface area contributed by atoms with Crippen LogP contribution in [0.25, 0.3) is 11.3 Å². The molecule has 1 N–H and O–H groups in total. The van der Waals surface area contributed by atoms with E-state index in [9.17, 15) is 14.6 Å². The number of ether oxygens (including phenoxy) is 1. The molecule has 47 heavy (non-hydrogen) atoms. The van der Waals surface area contributed by atoms with Gasteiger partial charge in [-0.1, -0.05) is 39.3 Å². The molecule has 0 aliphatic carbocycles. The number of aromatic nitrogens is 2. The van der Waals surface area contributed by atoms with E-state index in [4.69, 9.17) is 25.7 Å². The quantitative estimate of drug-likeness (QED) is 0.192. The van der Waals surface area contributed by atoms with E-state index in [1.54, 1.807) is 42.6 Å². The van der Waals surface area contributed by atoms with Gasteiger partial charge in [-0.2, -0.15) is 5.26 Å². The second kappa shape index (κ2) is 12.7. The van der Waals surface area contributed by atoms with Gasteiger partial charge in [-0.25, -0.2) is 14.8 Å². The summed E-state index contributed by atoms with van der Waals surface area (Å²) in [6.07, 6.45) is 1.14. The van der Waals surface area contributed by atoms with E-state index in [1.165, 1.54) is 0 Å². The van der Waals surface area contributed by atoms with Crippen molar-refractivity contribution in [2.24, 2.45) is 0 Å². The van der Waals surface area contributed by atoms with E-state index in [-0.39, 0.29) is 5.04 Å². The van der Waals surface area contributed by atoms with Crippen molar-refractivity contribution in [3.05, 3.63) is 58.2 Å². The first kappa shape index (κ1) is 36.6. The van der Waals surface area contributed by atoms with Crippen LogP contribution in [-0.2, 0) is 19.1 Å². The van der Waals surface area contributed by atoms with Gasteiger partial charge in [0.05, 0.1) is 22.0 Å². The molecule has 0 radical (unpaired) electrons. The maximum Gasteiger partial charge on any atom is 0.414 e. The highest BCUT2D eigenvalue weighted by Crippen LogP contribution is 2.47. The molecule has 9 nitrogen and oxygen atoms in total. The molecule has 0 bridgehead atoms. The maximum absolute atomic E-state index is 13.5. The standard InChI is InChI=1S/C35H47ClN5O4PSi/c1-22-15-29(46(9,10)43)26(36)18-28(22)40-31-38-14-13-27(39-31)23-16-24(19-37)30-25(17-23)35(8,21-44-47(11,12)34(5,6)7)20-41(30)32(42)45-33(2,3)4/h13-18H,20-21H2,1-12H3,(H,38,39,40)/t35-/m1/s1. The first-order valence-electron chi connectivity index (χ1n) is 15.6. The molecule has 12 heteroatoms. The Morgan fingerprint density at radius 3 is 2.40 bits per heavy atom. The molecule has 0 fully saturated rings. The lowest BCUT2D eigenvalue weighted by atomic mass is 9.83. The van der Waals surface area contributed by atoms with E-state index < -0.39 is 32.6 Å². The average Bonchev–Trinajstić information content (AvgIpc) is 3.24. The highest BCUT2D eigenvalue weighted by molar-refractivity contribution is 7.70. The van der Waals surface area contributed by atoms with Gasteiger partial charge in [0.15, 0.2) is 8.32 Å². The lowest BCUT2D eigenvalue weighted by molar-refractivity contribution is 0.0575. The predicted molar refractivity (Wildman–Crippen MR) is 195 cm³/mol. The van der Waals surface area contributed by atoms with Crippen LogP contribution in [0.1, 0.15) is 65.2 Å². The number of halogens is 1. The van der Waals surface area contributed by atoms with Crippen molar-refractivity contribution in [1.29, 1.82) is 5.26 Å². The molecule has 252 valence electrons. The summed E-state index contributed by atoms with van der Waals surface area (Å²) in [6.45, 7) is 24.5. The number of nitriles is 1. The summed E-state index contributed by atoms with van der Waals surface area (Å²) in [5.41, 5.74) is 3.22. The highest BCUT2D eigenvalue weighted by atomic mass is 35.5. The number of carbonyl (C=O) groups is 1. The minimum absolute atomic E-state index is 0.00465. The van der Waals surface area contributed by atoms with Crippen LogP contribution in [0.2, 0.25) is 23.2 Å². The number of nitrogens with zero attached hydrogens (tertiary/aromatic N) is 4. The summed E-state index contributed by atoms with van der Waals surface area (Å²) in [6, 6.07) is 11.4. The third-order valence-corrected chi connectivity index (χ3v) is 15.4. The maximum atomic E-state index is 13.5. The number of nitrogens with one attached hydrogen (secondary N) is 1. The van der Waals surface area contributed by atoms with Crippen molar-refractivity contribution in [3.8, 4) is 17.3 Å². The van der Waals surface area contributed by atoms with Gasteiger partial charge in [-0.05, 0) is 101 Å². The Kier molecular flexibility index (Phi) is 9.87. The monoisotopic (exact) mass is 695 g/mol. The summed E-state index contributed by atoms with van der Waals surface area (Å²) < 4.78 is 25.2. The Morgan fingerprint density at radius 2 is 1.83 bits per heavy atom. The van der Waals surface area contributed by atoms with Gasteiger partial charge < -0.3 is 19.0 Å². The van der Waals surface area contributed by atoms with E-state index >= 15 is 0 Å². The number of rotatable bonds is 7. The van der Waals surface area contributed by atoms with Crippen molar-refractivity contribution in [2.75, 3.05) is 36.7 Å². The molecule has 2 heterocycles. The van der Waals surface area contributed by atoms with Gasteiger partial charge >= 0.3 is 6.09 Å². The van der Waals surface area contributed by atoms with Gasteiger partial charge in [0.2, 0.25) is 5.95 Å². The molecule has 1 aromatic heterocycles. The number of benzene rings is 2. The van der Waals surface area contributed by atoms with E-state index in [2.05, 4.69) is 57.2 Å². The molecular weight excluding hydrogens is 649 g/mol. The van der Waals surface area contributed by atoms with Crippen LogP contribution < -0.4 is 15.5 Å². The van der Waals surface area contributed by atoms with Crippen molar-refractivity contribution in [2.45, 2.75) is 84.5 Å². The molecule has 0 spiro atoms. The third kappa shape index (κ3) is 7.92. The van der Waals surface area contributed by atoms with Crippen LogP contribution in [0.3, 0.4) is 0 Å². The fraction of sp³-hybridized carbons (Fsp3) is 0.486. The molecule has 0 saturated heterocycles. The number of fused-ring (bicyclic) bond motifs is 1. The molecule has 1 amide bonds. The topological polar surface area (TPSA) is 117 Å². The zero-order chi connectivity index (χ0) is 35.3. The number of carbonyl (C=O) groups excluding carboxylic acids is 1. The van der Waals surface area contributed by atoms with Crippen molar-refractivity contribution in [3.63, 3.8) is 0 Å². The molecule has 0 unspecified atom stereocenters. The zero-order valence-corrected chi connectivity index (χ0v) is 32.3. The van der Waals surface area contributed by atoms with Crippen LogP contribution in [0.4, 0.5) is 22.1 Å². The SMILES string of the molecule is Cc1cc(P(C)(C)=O)c(Cl)cc1Nc1nccc(-c2cc(C#N)c3c(c2)[C@@](C)(CO[Si](C)(C)C(C)(C)C)CN3C(=O)OC(C)(C)C)n1. The third-order valence-electron chi connectivity index (χ3n) is 8.90. The van der Waals surface area contributed by atoms with Gasteiger partial charge in [0, 0.05) is 41.3 Å². The number of aryl methyl sites for hydroxylation is 1. The summed E-state index contributed by atoms with van der Waals surface area (Å²) in [4.78, 5) is 24.3. The lowest BCUT2D eigenvalue weighted by Crippen LogP contribution is -2.46. The second-order valence-corrected chi connectivity index (χ2v) is 24.0. The molecule has 1 aliphatic rings. The van der Waals surface area contributed by atoms with E-state index in [0.29, 0.717) is 57.6 Å². The second-order valence-electron chi connectivity index (χ2n) is 15.6. The summed E-state index contributed by atoms with van der Waals surface area (Å²) in [5, 5.41) is 14.7.